The van der Waals surface area contributed by atoms with Crippen LogP contribution in [0.1, 0.15) is 32.4 Å². The van der Waals surface area contributed by atoms with E-state index in [4.69, 9.17) is 11.6 Å². The maximum Gasteiger partial charge on any atom is 0.0406 e. The van der Waals surface area contributed by atoms with Crippen LogP contribution in [0.25, 0.3) is 0 Å². The summed E-state index contributed by atoms with van der Waals surface area (Å²) in [7, 11) is 4.20. The smallest absolute Gasteiger partial charge is 0.0406 e. The van der Waals surface area contributed by atoms with Gasteiger partial charge in [0.15, 0.2) is 0 Å². The van der Waals surface area contributed by atoms with Crippen molar-refractivity contribution in [3.8, 4) is 0 Å². The summed E-state index contributed by atoms with van der Waals surface area (Å²) in [5, 5.41) is 4.04. The van der Waals surface area contributed by atoms with Gasteiger partial charge in [-0.1, -0.05) is 30.7 Å². The first-order valence-electron chi connectivity index (χ1n) is 6.59. The molecule has 0 bridgehead atoms. The van der Waals surface area contributed by atoms with Gasteiger partial charge in [0.2, 0.25) is 0 Å². The zero-order valence-electron chi connectivity index (χ0n) is 12.1. The Morgan fingerprint density at radius 3 is 2.22 bits per heavy atom. The van der Waals surface area contributed by atoms with Gasteiger partial charge in [-0.3, -0.25) is 4.90 Å². The molecular formula is C15H25ClN2. The maximum absolute atomic E-state index is 5.93. The van der Waals surface area contributed by atoms with Gasteiger partial charge in [-0.2, -0.15) is 0 Å². The Kier molecular flexibility index (Phi) is 6.13. The molecule has 2 nitrogen and oxygen atoms in total. The summed E-state index contributed by atoms with van der Waals surface area (Å²) in [5.41, 5.74) is 1.31. The first-order chi connectivity index (χ1) is 8.47. The molecule has 1 rings (SSSR count). The monoisotopic (exact) mass is 268 g/mol. The lowest BCUT2D eigenvalue weighted by Crippen LogP contribution is -2.39. The number of nitrogens with one attached hydrogen (secondary N) is 1. The van der Waals surface area contributed by atoms with E-state index in [1.165, 1.54) is 5.56 Å². The lowest BCUT2D eigenvalue weighted by molar-refractivity contribution is 0.151. The number of hydrogen-bond acceptors (Lipinski definition) is 2. The third kappa shape index (κ3) is 3.98. The van der Waals surface area contributed by atoms with Crippen molar-refractivity contribution in [1.29, 1.82) is 0 Å². The summed E-state index contributed by atoms with van der Waals surface area (Å²) in [6.45, 7) is 7.85. The minimum Gasteiger partial charge on any atom is -0.319 e. The Balaban J connectivity index is 2.70. The van der Waals surface area contributed by atoms with Crippen LogP contribution in [0.15, 0.2) is 24.3 Å². The van der Waals surface area contributed by atoms with Gasteiger partial charge in [0.05, 0.1) is 0 Å². The van der Waals surface area contributed by atoms with Crippen LogP contribution in [0.3, 0.4) is 0 Å². The third-order valence-corrected chi connectivity index (χ3v) is 4.21. The Morgan fingerprint density at radius 2 is 1.72 bits per heavy atom. The summed E-state index contributed by atoms with van der Waals surface area (Å²) >= 11 is 5.93. The summed E-state index contributed by atoms with van der Waals surface area (Å²) in [6, 6.07) is 9.07. The minimum absolute atomic E-state index is 0.400. The molecule has 0 aliphatic carbocycles. The van der Waals surface area contributed by atoms with Crippen LogP contribution < -0.4 is 5.32 Å². The molecule has 0 aliphatic heterocycles. The number of benzene rings is 1. The second kappa shape index (κ2) is 7.13. The van der Waals surface area contributed by atoms with Crippen molar-refractivity contribution in [2.75, 3.05) is 20.6 Å². The van der Waals surface area contributed by atoms with Crippen LogP contribution in [0, 0.1) is 5.92 Å². The molecule has 0 aliphatic rings. The van der Waals surface area contributed by atoms with Crippen molar-refractivity contribution in [3.63, 3.8) is 0 Å². The van der Waals surface area contributed by atoms with E-state index >= 15 is 0 Å². The Bertz CT molecular complexity index is 350. The van der Waals surface area contributed by atoms with Crippen molar-refractivity contribution in [3.05, 3.63) is 34.9 Å². The molecule has 3 unspecified atom stereocenters. The first-order valence-corrected chi connectivity index (χ1v) is 6.97. The van der Waals surface area contributed by atoms with E-state index in [-0.39, 0.29) is 0 Å². The highest BCUT2D eigenvalue weighted by Gasteiger charge is 2.21. The van der Waals surface area contributed by atoms with Crippen LogP contribution in [0.5, 0.6) is 0 Å². The van der Waals surface area contributed by atoms with Gasteiger partial charge in [-0.25, -0.2) is 0 Å². The second-order valence-electron chi connectivity index (χ2n) is 5.17. The van der Waals surface area contributed by atoms with Gasteiger partial charge in [-0.05, 0) is 58.1 Å². The predicted molar refractivity (Wildman–Crippen MR) is 80.2 cm³/mol. The number of nitrogens with zero attached hydrogens (tertiary/aromatic N) is 1. The first kappa shape index (κ1) is 15.5. The quantitative estimate of drug-likeness (QED) is 0.848. The zero-order valence-corrected chi connectivity index (χ0v) is 12.8. The maximum atomic E-state index is 5.93. The average molecular weight is 269 g/mol. The summed E-state index contributed by atoms with van der Waals surface area (Å²) in [5.74, 6) is 0.620. The van der Waals surface area contributed by atoms with E-state index < -0.39 is 0 Å². The molecule has 0 fully saturated rings. The molecule has 0 saturated carbocycles. The molecule has 0 radical (unpaired) electrons. The Labute approximate surface area is 116 Å². The van der Waals surface area contributed by atoms with Crippen LogP contribution >= 0.6 is 11.6 Å². The normalized spacial score (nSPS) is 16.6. The standard InChI is InChI=1S/C15H25ClN2/c1-11(10-17-4)12(2)18(5)13(3)14-6-8-15(16)9-7-14/h6-9,11-13,17H,10H2,1-5H3. The molecule has 0 saturated heterocycles. The molecular weight excluding hydrogens is 244 g/mol. The lowest BCUT2D eigenvalue weighted by Gasteiger charge is -2.34. The molecule has 1 aromatic rings. The molecule has 0 heterocycles. The third-order valence-electron chi connectivity index (χ3n) is 3.96. The van der Waals surface area contributed by atoms with Gasteiger partial charge in [0.25, 0.3) is 0 Å². The van der Waals surface area contributed by atoms with Crippen LogP contribution in [0.2, 0.25) is 5.02 Å². The summed E-state index contributed by atoms with van der Waals surface area (Å²) in [4.78, 5) is 2.42. The van der Waals surface area contributed by atoms with Crippen LogP contribution in [-0.2, 0) is 0 Å². The highest BCUT2D eigenvalue weighted by atomic mass is 35.5. The molecule has 102 valence electrons. The SMILES string of the molecule is CNCC(C)C(C)N(C)C(C)c1ccc(Cl)cc1. The summed E-state index contributed by atoms with van der Waals surface area (Å²) in [6.07, 6.45) is 0. The molecule has 18 heavy (non-hydrogen) atoms. The average Bonchev–Trinajstić information content (AvgIpc) is 2.37. The Morgan fingerprint density at radius 1 is 1.17 bits per heavy atom. The van der Waals surface area contributed by atoms with Crippen molar-refractivity contribution < 1.29 is 0 Å². The molecule has 3 atom stereocenters. The summed E-state index contributed by atoms with van der Waals surface area (Å²) < 4.78 is 0. The van der Waals surface area contributed by atoms with E-state index in [2.05, 4.69) is 50.2 Å². The second-order valence-corrected chi connectivity index (χ2v) is 5.60. The topological polar surface area (TPSA) is 15.3 Å². The van der Waals surface area contributed by atoms with Crippen LogP contribution in [-0.4, -0.2) is 31.6 Å². The van der Waals surface area contributed by atoms with E-state index in [9.17, 15) is 0 Å². The van der Waals surface area contributed by atoms with Crippen molar-refractivity contribution >= 4 is 11.6 Å². The van der Waals surface area contributed by atoms with Gasteiger partial charge in [0.1, 0.15) is 0 Å². The van der Waals surface area contributed by atoms with Gasteiger partial charge in [-0.15, -0.1) is 0 Å². The predicted octanol–water partition coefficient (Wildman–Crippen LogP) is 3.58. The van der Waals surface area contributed by atoms with Crippen molar-refractivity contribution in [2.45, 2.75) is 32.9 Å². The van der Waals surface area contributed by atoms with E-state index in [0.29, 0.717) is 18.0 Å². The molecule has 1 N–H and O–H groups in total. The molecule has 0 amide bonds. The Hall–Kier alpha value is -0.570. The van der Waals surface area contributed by atoms with Crippen LogP contribution in [0.4, 0.5) is 0 Å². The van der Waals surface area contributed by atoms with E-state index in [0.717, 1.165) is 11.6 Å². The van der Waals surface area contributed by atoms with Gasteiger partial charge < -0.3 is 5.32 Å². The van der Waals surface area contributed by atoms with Gasteiger partial charge in [0, 0.05) is 17.1 Å². The molecule has 1 aromatic carbocycles. The highest BCUT2D eigenvalue weighted by Crippen LogP contribution is 2.24. The largest absolute Gasteiger partial charge is 0.319 e. The van der Waals surface area contributed by atoms with Gasteiger partial charge >= 0.3 is 0 Å². The fourth-order valence-corrected chi connectivity index (χ4v) is 2.35. The molecule has 3 heteroatoms. The number of hydrogen-bond donors (Lipinski definition) is 1. The fraction of sp³-hybridized carbons (Fsp3) is 0.600. The number of halogens is 1. The van der Waals surface area contributed by atoms with E-state index in [1.54, 1.807) is 0 Å². The number of rotatable bonds is 6. The molecule has 0 aromatic heterocycles. The fourth-order valence-electron chi connectivity index (χ4n) is 2.22. The van der Waals surface area contributed by atoms with E-state index in [1.807, 2.05) is 19.2 Å². The van der Waals surface area contributed by atoms with Crippen molar-refractivity contribution in [1.82, 2.24) is 10.2 Å². The minimum atomic E-state index is 0.400. The highest BCUT2D eigenvalue weighted by molar-refractivity contribution is 6.30. The molecule has 0 spiro atoms. The van der Waals surface area contributed by atoms with Crippen molar-refractivity contribution in [2.24, 2.45) is 5.92 Å². The zero-order chi connectivity index (χ0) is 13.7. The lowest BCUT2D eigenvalue weighted by atomic mass is 9.99.